The van der Waals surface area contributed by atoms with Crippen molar-refractivity contribution in [3.63, 3.8) is 0 Å². The number of hydrogen-bond donors (Lipinski definition) is 1. The highest BCUT2D eigenvalue weighted by Crippen LogP contribution is 2.30. The molecule has 2 amide bonds. The Balaban J connectivity index is 1.28. The third-order valence-electron chi connectivity index (χ3n) is 7.85. The minimum absolute atomic E-state index is 0.132. The second kappa shape index (κ2) is 8.87. The van der Waals surface area contributed by atoms with Crippen LogP contribution in [0.5, 0.6) is 0 Å². The van der Waals surface area contributed by atoms with Crippen molar-refractivity contribution in [2.45, 2.75) is 56.8 Å². The molecule has 1 N–H and O–H groups in total. The quantitative estimate of drug-likeness (QED) is 0.777. The molecule has 172 valence electrons. The van der Waals surface area contributed by atoms with Gasteiger partial charge in [-0.1, -0.05) is 18.2 Å². The van der Waals surface area contributed by atoms with Crippen LogP contribution in [0.25, 0.3) is 10.9 Å². The van der Waals surface area contributed by atoms with Crippen LogP contribution < -0.4 is 5.32 Å². The number of benzene rings is 1. The van der Waals surface area contributed by atoms with Gasteiger partial charge in [0.15, 0.2) is 0 Å². The first-order valence-electron chi connectivity index (χ1n) is 12.1. The largest absolute Gasteiger partial charge is 0.353 e. The summed E-state index contributed by atoms with van der Waals surface area (Å²) in [5.74, 6) is 0.403. The Kier molecular flexibility index (Phi) is 5.95. The van der Waals surface area contributed by atoms with Crippen LogP contribution in [0.15, 0.2) is 30.5 Å². The maximum absolute atomic E-state index is 13.1. The number of para-hydroxylation sites is 1. The number of nitrogens with zero attached hydrogens (tertiary/aromatic N) is 4. The molecule has 3 atom stereocenters. The highest BCUT2D eigenvalue weighted by molar-refractivity contribution is 5.85. The molecule has 3 unspecified atom stereocenters. The van der Waals surface area contributed by atoms with Gasteiger partial charge in [0, 0.05) is 75.4 Å². The lowest BCUT2D eigenvalue weighted by atomic mass is 10.0. The number of aromatic nitrogens is 1. The monoisotopic (exact) mass is 437 g/mol. The Morgan fingerprint density at radius 2 is 1.91 bits per heavy atom. The van der Waals surface area contributed by atoms with E-state index < -0.39 is 0 Å². The maximum atomic E-state index is 13.1. The lowest BCUT2D eigenvalue weighted by Crippen LogP contribution is -2.49. The first-order chi connectivity index (χ1) is 15.5. The van der Waals surface area contributed by atoms with Crippen molar-refractivity contribution in [1.82, 2.24) is 24.6 Å². The average molecular weight is 438 g/mol. The maximum Gasteiger partial charge on any atom is 0.239 e. The van der Waals surface area contributed by atoms with Gasteiger partial charge >= 0.3 is 0 Å². The van der Waals surface area contributed by atoms with Crippen LogP contribution in [0.3, 0.4) is 0 Å². The Bertz CT molecular complexity index is 995. The number of likely N-dealkylation sites (tertiary alicyclic amines) is 2. The minimum Gasteiger partial charge on any atom is -0.353 e. The lowest BCUT2D eigenvalue weighted by Gasteiger charge is -2.33. The molecular formula is C25H35N5O2. The predicted molar refractivity (Wildman–Crippen MR) is 125 cm³/mol. The standard InChI is InChI=1S/C25H35N5O2/c1-27-16-18(20-7-3-4-8-21(20)27)17-30-14-11-22-24(30)25(32)26-15-19(28(22)2)9-10-23(31)29-12-5-6-13-29/h3-4,7-8,16,19,22,24H,5-6,9-15,17H2,1-2H3,(H,26,32). The summed E-state index contributed by atoms with van der Waals surface area (Å²) in [7, 11) is 4.23. The van der Waals surface area contributed by atoms with Gasteiger partial charge in [-0.2, -0.15) is 0 Å². The molecule has 1 aromatic carbocycles. The number of fused-ring (bicyclic) bond motifs is 2. The molecule has 32 heavy (non-hydrogen) atoms. The summed E-state index contributed by atoms with van der Waals surface area (Å²) in [5, 5.41) is 4.46. The van der Waals surface area contributed by atoms with Gasteiger partial charge in [-0.15, -0.1) is 0 Å². The van der Waals surface area contributed by atoms with Crippen molar-refractivity contribution in [2.24, 2.45) is 7.05 Å². The summed E-state index contributed by atoms with van der Waals surface area (Å²) in [6.07, 6.45) is 6.81. The summed E-state index contributed by atoms with van der Waals surface area (Å²) in [6, 6.07) is 8.73. The Labute approximate surface area is 190 Å². The first-order valence-corrected chi connectivity index (χ1v) is 12.1. The number of hydrogen-bond acceptors (Lipinski definition) is 4. The third kappa shape index (κ3) is 3.92. The number of nitrogens with one attached hydrogen (secondary N) is 1. The molecule has 3 saturated heterocycles. The molecule has 1 aromatic heterocycles. The van der Waals surface area contributed by atoms with Crippen LogP contribution in [0, 0.1) is 0 Å². The normalized spacial score (nSPS) is 27.0. The van der Waals surface area contributed by atoms with Gasteiger partial charge < -0.3 is 14.8 Å². The fraction of sp³-hybridized carbons (Fsp3) is 0.600. The van der Waals surface area contributed by atoms with Crippen molar-refractivity contribution in [3.05, 3.63) is 36.0 Å². The number of carbonyl (C=O) groups is 2. The van der Waals surface area contributed by atoms with Crippen molar-refractivity contribution < 1.29 is 9.59 Å². The van der Waals surface area contributed by atoms with E-state index in [2.05, 4.69) is 64.2 Å². The van der Waals surface area contributed by atoms with Crippen molar-refractivity contribution >= 4 is 22.7 Å². The van der Waals surface area contributed by atoms with E-state index in [4.69, 9.17) is 0 Å². The van der Waals surface area contributed by atoms with Crippen LogP contribution in [0.4, 0.5) is 0 Å². The van der Waals surface area contributed by atoms with Crippen molar-refractivity contribution in [2.75, 3.05) is 33.2 Å². The molecule has 3 aliphatic rings. The Morgan fingerprint density at radius 3 is 2.72 bits per heavy atom. The van der Waals surface area contributed by atoms with E-state index in [-0.39, 0.29) is 29.9 Å². The molecule has 2 aromatic rings. The van der Waals surface area contributed by atoms with E-state index in [0.717, 1.165) is 51.9 Å². The fourth-order valence-corrected chi connectivity index (χ4v) is 6.01. The molecule has 3 aliphatic heterocycles. The molecule has 0 aliphatic carbocycles. The van der Waals surface area contributed by atoms with Crippen LogP contribution in [0.2, 0.25) is 0 Å². The molecule has 0 spiro atoms. The van der Waals surface area contributed by atoms with Crippen LogP contribution in [-0.4, -0.2) is 82.4 Å². The highest BCUT2D eigenvalue weighted by Gasteiger charge is 2.45. The molecular weight excluding hydrogens is 402 g/mol. The molecule has 0 bridgehead atoms. The third-order valence-corrected chi connectivity index (χ3v) is 7.85. The summed E-state index contributed by atoms with van der Waals surface area (Å²) < 4.78 is 2.17. The summed E-state index contributed by atoms with van der Waals surface area (Å²) in [4.78, 5) is 32.4. The smallest absolute Gasteiger partial charge is 0.239 e. The van der Waals surface area contributed by atoms with Gasteiger partial charge in [0.25, 0.3) is 0 Å². The summed E-state index contributed by atoms with van der Waals surface area (Å²) in [5.41, 5.74) is 2.50. The SMILES string of the molecule is CN1C(CCC(=O)N2CCCC2)CNC(=O)C2C1CCN2Cc1cn(C)c2ccccc12. The van der Waals surface area contributed by atoms with Gasteiger partial charge in [-0.05, 0) is 44.4 Å². The highest BCUT2D eigenvalue weighted by atomic mass is 16.2. The van der Waals surface area contributed by atoms with Gasteiger partial charge in [-0.25, -0.2) is 0 Å². The number of carbonyl (C=O) groups excluding carboxylic acids is 2. The van der Waals surface area contributed by atoms with E-state index >= 15 is 0 Å². The van der Waals surface area contributed by atoms with E-state index in [1.54, 1.807) is 0 Å². The van der Waals surface area contributed by atoms with Crippen LogP contribution in [0.1, 0.15) is 37.7 Å². The molecule has 0 radical (unpaired) electrons. The summed E-state index contributed by atoms with van der Waals surface area (Å²) >= 11 is 0. The van der Waals surface area contributed by atoms with E-state index in [9.17, 15) is 9.59 Å². The summed E-state index contributed by atoms with van der Waals surface area (Å²) in [6.45, 7) is 4.13. The van der Waals surface area contributed by atoms with E-state index in [1.165, 1.54) is 16.5 Å². The predicted octanol–water partition coefficient (Wildman–Crippen LogP) is 1.95. The molecule has 3 fully saturated rings. The van der Waals surface area contributed by atoms with Gasteiger partial charge in [0.1, 0.15) is 6.04 Å². The number of aryl methyl sites for hydroxylation is 1. The van der Waals surface area contributed by atoms with Gasteiger partial charge in [-0.3, -0.25) is 19.4 Å². The van der Waals surface area contributed by atoms with Gasteiger partial charge in [0.05, 0.1) is 0 Å². The molecule has 7 nitrogen and oxygen atoms in total. The molecule has 4 heterocycles. The minimum atomic E-state index is -0.141. The van der Waals surface area contributed by atoms with Crippen LogP contribution >= 0.6 is 0 Å². The molecule has 7 heteroatoms. The lowest BCUT2D eigenvalue weighted by molar-refractivity contribution is -0.130. The Morgan fingerprint density at radius 1 is 1.12 bits per heavy atom. The number of amides is 2. The molecule has 5 rings (SSSR count). The first kappa shape index (κ1) is 21.5. The second-order valence-electron chi connectivity index (χ2n) is 9.74. The topological polar surface area (TPSA) is 60.8 Å². The zero-order valence-electron chi connectivity index (χ0n) is 19.3. The Hall–Kier alpha value is -2.38. The fourth-order valence-electron chi connectivity index (χ4n) is 6.01. The number of rotatable bonds is 5. The van der Waals surface area contributed by atoms with Gasteiger partial charge in [0.2, 0.25) is 11.8 Å². The van der Waals surface area contributed by atoms with E-state index in [1.807, 2.05) is 4.90 Å². The zero-order valence-corrected chi connectivity index (χ0v) is 19.3. The van der Waals surface area contributed by atoms with Crippen LogP contribution in [-0.2, 0) is 23.2 Å². The molecule has 0 saturated carbocycles. The van der Waals surface area contributed by atoms with Crippen molar-refractivity contribution in [3.8, 4) is 0 Å². The average Bonchev–Trinajstić information content (AvgIpc) is 3.52. The number of likely N-dealkylation sites (N-methyl/N-ethyl adjacent to an activating group) is 1. The second-order valence-corrected chi connectivity index (χ2v) is 9.74. The zero-order chi connectivity index (χ0) is 22.2. The van der Waals surface area contributed by atoms with E-state index in [0.29, 0.717) is 13.0 Å². The van der Waals surface area contributed by atoms with Crippen molar-refractivity contribution in [1.29, 1.82) is 0 Å².